The second-order valence-electron chi connectivity index (χ2n) is 6.70. The fourth-order valence-electron chi connectivity index (χ4n) is 2.43. The smallest absolute Gasteiger partial charge is 0.320 e. The molecule has 0 fully saturated rings. The van der Waals surface area contributed by atoms with Gasteiger partial charge >= 0.3 is 11.9 Å². The van der Waals surface area contributed by atoms with Crippen LogP contribution in [0.25, 0.3) is 0 Å². The third kappa shape index (κ3) is 14.8. The number of ether oxygens (including phenoxy) is 4. The minimum absolute atomic E-state index is 0.167. The van der Waals surface area contributed by atoms with Crippen molar-refractivity contribution in [1.29, 1.82) is 0 Å². The molecular weight excluding hydrogens is 384 g/mol. The van der Waals surface area contributed by atoms with Gasteiger partial charge in [0.15, 0.2) is 5.92 Å². The molecule has 0 saturated carbocycles. The van der Waals surface area contributed by atoms with Crippen LogP contribution in [0.4, 0.5) is 0 Å². The van der Waals surface area contributed by atoms with Gasteiger partial charge in [-0.15, -0.1) is 0 Å². The summed E-state index contributed by atoms with van der Waals surface area (Å²) in [4.78, 5) is 24.8. The van der Waals surface area contributed by atoms with Crippen LogP contribution in [0.2, 0.25) is 0 Å². The van der Waals surface area contributed by atoms with E-state index in [1.165, 1.54) is 14.2 Å². The van der Waals surface area contributed by atoms with E-state index in [0.29, 0.717) is 19.3 Å². The van der Waals surface area contributed by atoms with Crippen LogP contribution in [0, 0.1) is 17.8 Å². The lowest BCUT2D eigenvalue weighted by Crippen LogP contribution is -2.28. The van der Waals surface area contributed by atoms with Crippen LogP contribution < -0.4 is 0 Å². The maximum Gasteiger partial charge on any atom is 0.320 e. The Morgan fingerprint density at radius 1 is 0.833 bits per heavy atom. The molecule has 0 heterocycles. The van der Waals surface area contributed by atoms with E-state index in [1.54, 1.807) is 12.2 Å². The maximum atomic E-state index is 12.4. The highest BCUT2D eigenvalue weighted by atomic mass is 16.7. The average molecular weight is 423 g/mol. The first-order valence-electron chi connectivity index (χ1n) is 10.8. The van der Waals surface area contributed by atoms with Crippen LogP contribution in [0.3, 0.4) is 0 Å². The van der Waals surface area contributed by atoms with Gasteiger partial charge in [0.25, 0.3) is 0 Å². The summed E-state index contributed by atoms with van der Waals surface area (Å²) in [5.41, 5.74) is 0. The fraction of sp³-hybridized carbons (Fsp3) is 0.667. The van der Waals surface area contributed by atoms with Gasteiger partial charge in [0, 0.05) is 20.6 Å². The Kier molecular flexibility index (Phi) is 18.8. The molecule has 0 spiro atoms. The van der Waals surface area contributed by atoms with Crippen molar-refractivity contribution in [3.8, 4) is 11.8 Å². The zero-order chi connectivity index (χ0) is 22.5. The summed E-state index contributed by atoms with van der Waals surface area (Å²) in [6, 6.07) is 0. The molecule has 0 aromatic carbocycles. The van der Waals surface area contributed by atoms with Crippen LogP contribution in [-0.4, -0.2) is 45.7 Å². The number of unbranched alkanes of at least 4 members (excludes halogenated alkanes) is 4. The third-order valence-corrected chi connectivity index (χ3v) is 4.15. The van der Waals surface area contributed by atoms with Crippen molar-refractivity contribution in [1.82, 2.24) is 0 Å². The van der Waals surface area contributed by atoms with E-state index in [0.717, 1.165) is 32.1 Å². The van der Waals surface area contributed by atoms with Crippen LogP contribution in [-0.2, 0) is 28.5 Å². The summed E-state index contributed by atoms with van der Waals surface area (Å²) < 4.78 is 20.5. The van der Waals surface area contributed by atoms with E-state index in [2.05, 4.69) is 25.7 Å². The molecule has 0 unspecified atom stereocenters. The third-order valence-electron chi connectivity index (χ3n) is 4.15. The lowest BCUT2D eigenvalue weighted by molar-refractivity contribution is -0.161. The number of esters is 2. The van der Waals surface area contributed by atoms with E-state index in [9.17, 15) is 9.59 Å². The predicted molar refractivity (Wildman–Crippen MR) is 118 cm³/mol. The van der Waals surface area contributed by atoms with Crippen LogP contribution >= 0.6 is 0 Å². The van der Waals surface area contributed by atoms with E-state index < -0.39 is 24.1 Å². The molecule has 0 aliphatic carbocycles. The number of rotatable bonds is 16. The summed E-state index contributed by atoms with van der Waals surface area (Å²) in [7, 11) is 3.05. The van der Waals surface area contributed by atoms with Crippen molar-refractivity contribution in [3.63, 3.8) is 0 Å². The van der Waals surface area contributed by atoms with Crippen molar-refractivity contribution < 1.29 is 28.5 Å². The van der Waals surface area contributed by atoms with E-state index >= 15 is 0 Å². The summed E-state index contributed by atoms with van der Waals surface area (Å²) in [5, 5.41) is 0. The first-order valence-corrected chi connectivity index (χ1v) is 10.8. The van der Waals surface area contributed by atoms with Crippen LogP contribution in [0.1, 0.15) is 65.2 Å². The van der Waals surface area contributed by atoms with Crippen molar-refractivity contribution in [3.05, 3.63) is 24.3 Å². The van der Waals surface area contributed by atoms with E-state index in [-0.39, 0.29) is 13.2 Å². The number of carbonyl (C=O) groups excluding carboxylic acids is 2. The Labute approximate surface area is 182 Å². The molecule has 30 heavy (non-hydrogen) atoms. The zero-order valence-electron chi connectivity index (χ0n) is 19.0. The molecule has 6 heteroatoms. The quantitative estimate of drug-likeness (QED) is 0.0905. The number of methoxy groups -OCH3 is 2. The van der Waals surface area contributed by atoms with Gasteiger partial charge in [0.2, 0.25) is 6.29 Å². The normalized spacial score (nSPS) is 11.3. The highest BCUT2D eigenvalue weighted by Gasteiger charge is 2.28. The van der Waals surface area contributed by atoms with E-state index in [1.807, 2.05) is 12.2 Å². The summed E-state index contributed by atoms with van der Waals surface area (Å²) in [6.45, 7) is 4.48. The molecular formula is C24H38O6. The van der Waals surface area contributed by atoms with Crippen LogP contribution in [0.5, 0.6) is 0 Å². The van der Waals surface area contributed by atoms with Crippen molar-refractivity contribution in [2.24, 2.45) is 5.92 Å². The number of carbonyl (C=O) groups is 2. The number of hydrogen-bond donors (Lipinski definition) is 0. The number of hydrogen-bond acceptors (Lipinski definition) is 6. The van der Waals surface area contributed by atoms with Gasteiger partial charge in [-0.25, -0.2) is 0 Å². The minimum Gasteiger partial charge on any atom is -0.461 e. The molecule has 0 atom stereocenters. The van der Waals surface area contributed by atoms with Gasteiger partial charge in [-0.1, -0.05) is 63.3 Å². The van der Waals surface area contributed by atoms with Gasteiger partial charge in [-0.3, -0.25) is 9.59 Å². The Morgan fingerprint density at radius 2 is 1.37 bits per heavy atom. The molecule has 0 aromatic rings. The molecule has 6 nitrogen and oxygen atoms in total. The lowest BCUT2D eigenvalue weighted by Gasteiger charge is -2.14. The molecule has 0 aliphatic rings. The Bertz CT molecular complexity index is 534. The minimum atomic E-state index is -0.914. The maximum absolute atomic E-state index is 12.4. The molecule has 0 N–H and O–H groups in total. The lowest BCUT2D eigenvalue weighted by atomic mass is 10.0. The highest BCUT2D eigenvalue weighted by molar-refractivity contribution is 5.94. The highest BCUT2D eigenvalue weighted by Crippen LogP contribution is 2.14. The van der Waals surface area contributed by atoms with Gasteiger partial charge in [0.05, 0.1) is 0 Å². The molecule has 0 aliphatic heterocycles. The van der Waals surface area contributed by atoms with Crippen LogP contribution in [0.15, 0.2) is 24.3 Å². The zero-order valence-corrected chi connectivity index (χ0v) is 19.0. The first-order chi connectivity index (χ1) is 14.6. The van der Waals surface area contributed by atoms with Gasteiger partial charge in [-0.05, 0) is 31.6 Å². The molecule has 0 radical (unpaired) electrons. The fourth-order valence-corrected chi connectivity index (χ4v) is 2.43. The Balaban J connectivity index is 4.61. The van der Waals surface area contributed by atoms with Crippen molar-refractivity contribution >= 4 is 11.9 Å². The van der Waals surface area contributed by atoms with Gasteiger partial charge in [-0.2, -0.15) is 0 Å². The van der Waals surface area contributed by atoms with E-state index in [4.69, 9.17) is 18.9 Å². The molecule has 0 rings (SSSR count). The predicted octanol–water partition coefficient (Wildman–Crippen LogP) is 4.58. The number of allylic oxidation sites excluding steroid dienone is 2. The Morgan fingerprint density at radius 3 is 1.83 bits per heavy atom. The van der Waals surface area contributed by atoms with Crippen molar-refractivity contribution in [2.75, 3.05) is 27.4 Å². The molecule has 0 bridgehead atoms. The first kappa shape index (κ1) is 27.9. The second kappa shape index (κ2) is 20.2. The largest absolute Gasteiger partial charge is 0.461 e. The van der Waals surface area contributed by atoms with Crippen molar-refractivity contribution in [2.45, 2.75) is 71.5 Å². The standard InChI is InChI=1S/C24H38O6/c1-5-7-9-15-19-29-23(25)21(24(26)30-20-16-10-8-6-2)17-13-11-12-14-18-22(27-3)28-4/h9-10,15-16,21-22H,5-8,11-13,17,19-20H2,1-4H3/b15-9+,16-10+. The molecule has 170 valence electrons. The topological polar surface area (TPSA) is 71.1 Å². The second-order valence-corrected chi connectivity index (χ2v) is 6.70. The van der Waals surface area contributed by atoms with Gasteiger partial charge in [0.1, 0.15) is 13.2 Å². The molecule has 0 aromatic heterocycles. The molecule has 0 amide bonds. The monoisotopic (exact) mass is 422 g/mol. The van der Waals surface area contributed by atoms with Gasteiger partial charge < -0.3 is 18.9 Å². The summed E-state index contributed by atoms with van der Waals surface area (Å²) in [5.74, 6) is 3.83. The summed E-state index contributed by atoms with van der Waals surface area (Å²) in [6.07, 6.45) is 13.3. The SMILES string of the molecule is CCC/C=C/COC(=O)C(CCCCC#CC(OC)OC)C(=O)OC/C=C/CCC. The average Bonchev–Trinajstić information content (AvgIpc) is 2.75. The summed E-state index contributed by atoms with van der Waals surface area (Å²) >= 11 is 0. The Hall–Kier alpha value is -2.10. The molecule has 0 saturated heterocycles.